The molecule has 2 N–H and O–H groups in total. The SMILES string of the molecule is COCCNC(=O)Cn1nc2c(c1NC(=O)C1CC(=O)N(c3ccc(F)cc3)C1)CSC2. The summed E-state index contributed by atoms with van der Waals surface area (Å²) in [7, 11) is 1.56. The average molecular weight is 462 g/mol. The van der Waals surface area contributed by atoms with Gasteiger partial charge in [0, 0.05) is 49.4 Å². The van der Waals surface area contributed by atoms with Crippen LogP contribution < -0.4 is 15.5 Å². The van der Waals surface area contributed by atoms with Crippen LogP contribution in [0.1, 0.15) is 17.7 Å². The van der Waals surface area contributed by atoms with Crippen LogP contribution in [0.4, 0.5) is 15.9 Å². The molecule has 32 heavy (non-hydrogen) atoms. The third kappa shape index (κ3) is 4.78. The predicted octanol–water partition coefficient (Wildman–Crippen LogP) is 1.52. The van der Waals surface area contributed by atoms with E-state index in [9.17, 15) is 18.8 Å². The molecule has 0 bridgehead atoms. The molecule has 9 nitrogen and oxygen atoms in total. The Morgan fingerprint density at radius 2 is 2.06 bits per heavy atom. The van der Waals surface area contributed by atoms with Gasteiger partial charge in [0.05, 0.1) is 18.2 Å². The summed E-state index contributed by atoms with van der Waals surface area (Å²) in [6.07, 6.45) is 0.0613. The lowest BCUT2D eigenvalue weighted by Crippen LogP contribution is -2.32. The molecule has 1 aromatic carbocycles. The highest BCUT2D eigenvalue weighted by molar-refractivity contribution is 7.98. The van der Waals surface area contributed by atoms with E-state index in [0.717, 1.165) is 17.0 Å². The lowest BCUT2D eigenvalue weighted by Gasteiger charge is -2.17. The number of thioether (sulfide) groups is 1. The van der Waals surface area contributed by atoms with Crippen LogP contribution in [0.3, 0.4) is 0 Å². The van der Waals surface area contributed by atoms with Gasteiger partial charge in [-0.25, -0.2) is 9.07 Å². The maximum absolute atomic E-state index is 13.2. The van der Waals surface area contributed by atoms with E-state index in [2.05, 4.69) is 15.7 Å². The zero-order chi connectivity index (χ0) is 22.7. The Bertz CT molecular complexity index is 1030. The summed E-state index contributed by atoms with van der Waals surface area (Å²) in [4.78, 5) is 39.2. The van der Waals surface area contributed by atoms with Gasteiger partial charge < -0.3 is 20.3 Å². The van der Waals surface area contributed by atoms with Gasteiger partial charge in [-0.2, -0.15) is 16.9 Å². The molecule has 3 amide bonds. The quantitative estimate of drug-likeness (QED) is 0.578. The second-order valence-electron chi connectivity index (χ2n) is 7.64. The number of rotatable bonds is 8. The molecule has 0 radical (unpaired) electrons. The van der Waals surface area contributed by atoms with Gasteiger partial charge >= 0.3 is 0 Å². The Hall–Kier alpha value is -2.92. The molecular formula is C21H24FN5O4S. The molecule has 4 rings (SSSR count). The summed E-state index contributed by atoms with van der Waals surface area (Å²) in [6, 6.07) is 5.62. The van der Waals surface area contributed by atoms with E-state index in [1.165, 1.54) is 33.8 Å². The van der Waals surface area contributed by atoms with Crippen molar-refractivity contribution in [2.24, 2.45) is 5.92 Å². The summed E-state index contributed by atoms with van der Waals surface area (Å²) < 4.78 is 19.6. The number of nitrogens with zero attached hydrogens (tertiary/aromatic N) is 3. The number of amides is 3. The number of carbonyl (C=O) groups excluding carboxylic acids is 3. The number of halogens is 1. The van der Waals surface area contributed by atoms with E-state index >= 15 is 0 Å². The normalized spacial score (nSPS) is 17.5. The fourth-order valence-electron chi connectivity index (χ4n) is 3.78. The smallest absolute Gasteiger partial charge is 0.241 e. The Morgan fingerprint density at radius 3 is 2.81 bits per heavy atom. The number of nitrogens with one attached hydrogen (secondary N) is 2. The zero-order valence-corrected chi connectivity index (χ0v) is 18.4. The van der Waals surface area contributed by atoms with Crippen LogP contribution in [0, 0.1) is 11.7 Å². The summed E-state index contributed by atoms with van der Waals surface area (Å²) in [6.45, 7) is 0.973. The van der Waals surface area contributed by atoms with Crippen LogP contribution in [0.2, 0.25) is 0 Å². The highest BCUT2D eigenvalue weighted by atomic mass is 32.2. The molecular weight excluding hydrogens is 437 g/mol. The van der Waals surface area contributed by atoms with Crippen LogP contribution in [-0.4, -0.2) is 54.3 Å². The third-order valence-corrected chi connectivity index (χ3v) is 6.39. The Morgan fingerprint density at radius 1 is 1.28 bits per heavy atom. The summed E-state index contributed by atoms with van der Waals surface area (Å²) in [5.41, 5.74) is 2.32. The minimum atomic E-state index is -0.559. The van der Waals surface area contributed by atoms with Crippen molar-refractivity contribution in [3.63, 3.8) is 0 Å². The average Bonchev–Trinajstić information content (AvgIpc) is 3.45. The lowest BCUT2D eigenvalue weighted by atomic mass is 10.1. The molecule has 170 valence electrons. The standard InChI is InChI=1S/C21H24FN5O4S/c1-31-7-6-23-18(28)10-27-20(16-11-32-12-17(16)25-27)24-21(30)13-8-19(29)26(9-13)15-4-2-14(22)3-5-15/h2-5,13H,6-12H2,1H3,(H,23,28)(H,24,30). The maximum atomic E-state index is 13.2. The molecule has 2 aliphatic heterocycles. The number of hydrogen-bond donors (Lipinski definition) is 2. The molecule has 2 aliphatic rings. The number of hydrogen-bond acceptors (Lipinski definition) is 6. The van der Waals surface area contributed by atoms with Crippen molar-refractivity contribution >= 4 is 41.0 Å². The third-order valence-electron chi connectivity index (χ3n) is 5.42. The van der Waals surface area contributed by atoms with Crippen molar-refractivity contribution in [2.45, 2.75) is 24.5 Å². The fourth-order valence-corrected chi connectivity index (χ4v) is 4.81. The van der Waals surface area contributed by atoms with E-state index in [0.29, 0.717) is 30.4 Å². The van der Waals surface area contributed by atoms with Crippen LogP contribution in [0.25, 0.3) is 0 Å². The van der Waals surface area contributed by atoms with Gasteiger partial charge in [-0.05, 0) is 24.3 Å². The fraction of sp³-hybridized carbons (Fsp3) is 0.429. The Kier molecular flexibility index (Phi) is 6.75. The summed E-state index contributed by atoms with van der Waals surface area (Å²) in [5.74, 6) is 0.247. The number of methoxy groups -OCH3 is 1. The Balaban J connectivity index is 1.45. The van der Waals surface area contributed by atoms with E-state index < -0.39 is 5.92 Å². The van der Waals surface area contributed by atoms with Crippen LogP contribution in [0.15, 0.2) is 24.3 Å². The van der Waals surface area contributed by atoms with Gasteiger partial charge in [0.2, 0.25) is 17.7 Å². The van der Waals surface area contributed by atoms with Gasteiger partial charge in [-0.1, -0.05) is 0 Å². The minimum Gasteiger partial charge on any atom is -0.383 e. The van der Waals surface area contributed by atoms with Gasteiger partial charge in [0.25, 0.3) is 0 Å². The largest absolute Gasteiger partial charge is 0.383 e. The predicted molar refractivity (Wildman–Crippen MR) is 118 cm³/mol. The van der Waals surface area contributed by atoms with E-state index in [-0.39, 0.29) is 43.0 Å². The minimum absolute atomic E-state index is 0.0255. The first-order valence-corrected chi connectivity index (χ1v) is 11.4. The highest BCUT2D eigenvalue weighted by Gasteiger charge is 2.36. The molecule has 0 saturated carbocycles. The van der Waals surface area contributed by atoms with Gasteiger partial charge in [-0.15, -0.1) is 0 Å². The molecule has 3 heterocycles. The lowest BCUT2D eigenvalue weighted by molar-refractivity contribution is -0.122. The van der Waals surface area contributed by atoms with Gasteiger partial charge in [0.1, 0.15) is 18.2 Å². The molecule has 0 spiro atoms. The first kappa shape index (κ1) is 22.3. The number of benzene rings is 1. The molecule has 1 atom stereocenters. The van der Waals surface area contributed by atoms with E-state index in [1.54, 1.807) is 18.9 Å². The first-order valence-electron chi connectivity index (χ1n) is 10.2. The molecule has 0 aliphatic carbocycles. The van der Waals surface area contributed by atoms with Crippen molar-refractivity contribution in [3.8, 4) is 0 Å². The first-order chi connectivity index (χ1) is 15.5. The zero-order valence-electron chi connectivity index (χ0n) is 17.6. The monoisotopic (exact) mass is 461 g/mol. The highest BCUT2D eigenvalue weighted by Crippen LogP contribution is 2.35. The number of ether oxygens (including phenoxy) is 1. The number of aromatic nitrogens is 2. The number of carbonyl (C=O) groups is 3. The van der Waals surface area contributed by atoms with Crippen molar-refractivity contribution in [1.82, 2.24) is 15.1 Å². The number of fused-ring (bicyclic) bond motifs is 1. The molecule has 1 saturated heterocycles. The van der Waals surface area contributed by atoms with Crippen LogP contribution in [0.5, 0.6) is 0 Å². The molecule has 1 aromatic heterocycles. The van der Waals surface area contributed by atoms with Gasteiger partial charge in [-0.3, -0.25) is 14.4 Å². The Labute approximate surface area is 188 Å². The number of anilines is 2. The van der Waals surface area contributed by atoms with E-state index in [1.807, 2.05) is 0 Å². The molecule has 1 fully saturated rings. The van der Waals surface area contributed by atoms with Crippen molar-refractivity contribution in [3.05, 3.63) is 41.3 Å². The van der Waals surface area contributed by atoms with Crippen molar-refractivity contribution in [2.75, 3.05) is 37.0 Å². The van der Waals surface area contributed by atoms with Gasteiger partial charge in [0.15, 0.2) is 0 Å². The van der Waals surface area contributed by atoms with Crippen molar-refractivity contribution in [1.29, 1.82) is 0 Å². The summed E-state index contributed by atoms with van der Waals surface area (Å²) in [5, 5.41) is 10.2. The van der Waals surface area contributed by atoms with Crippen molar-refractivity contribution < 1.29 is 23.5 Å². The topological polar surface area (TPSA) is 106 Å². The van der Waals surface area contributed by atoms with E-state index in [4.69, 9.17) is 4.74 Å². The molecule has 11 heteroatoms. The maximum Gasteiger partial charge on any atom is 0.241 e. The second kappa shape index (κ2) is 9.70. The van der Waals surface area contributed by atoms with Crippen LogP contribution in [-0.2, 0) is 37.2 Å². The molecule has 1 unspecified atom stereocenters. The summed E-state index contributed by atoms with van der Waals surface area (Å²) >= 11 is 1.69. The van der Waals surface area contributed by atoms with Crippen LogP contribution >= 0.6 is 11.8 Å². The molecule has 2 aromatic rings. The second-order valence-corrected chi connectivity index (χ2v) is 8.62.